The van der Waals surface area contributed by atoms with E-state index in [1.54, 1.807) is 0 Å². The van der Waals surface area contributed by atoms with Gasteiger partial charge < -0.3 is 20.4 Å². The van der Waals surface area contributed by atoms with E-state index in [-0.39, 0.29) is 41.6 Å². The van der Waals surface area contributed by atoms with Gasteiger partial charge in [0, 0.05) is 11.8 Å². The highest BCUT2D eigenvalue weighted by atomic mass is 19.4. The maximum Gasteiger partial charge on any atom is 0.438 e. The topological polar surface area (TPSA) is 80.9 Å². The summed E-state index contributed by atoms with van der Waals surface area (Å²) in [4.78, 5) is 0. The minimum atomic E-state index is -5.92. The largest absolute Gasteiger partial charge is 0.438 e. The number of alkyl halides is 12. The van der Waals surface area contributed by atoms with E-state index in [0.29, 0.717) is 44.9 Å². The molecule has 6 aliphatic carbocycles. The first kappa shape index (κ1) is 42.9. The Bertz CT molecular complexity index is 1540. The molecule has 4 fully saturated rings. The van der Waals surface area contributed by atoms with Crippen molar-refractivity contribution in [2.24, 2.45) is 33.5 Å². The first-order valence-electron chi connectivity index (χ1n) is 18.2. The molecule has 0 spiro atoms. The molecule has 0 aromatic heterocycles. The molecule has 4 N–H and O–H groups in total. The molecule has 6 aliphatic rings. The molecule has 0 heterocycles. The molecule has 0 amide bonds. The lowest BCUT2D eigenvalue weighted by Crippen LogP contribution is -2.55. The number of aliphatic hydroxyl groups is 4. The van der Waals surface area contributed by atoms with Gasteiger partial charge in [0.05, 0.1) is 12.2 Å². The van der Waals surface area contributed by atoms with E-state index in [0.717, 1.165) is 55.2 Å². The van der Waals surface area contributed by atoms with Gasteiger partial charge in [0.15, 0.2) is 0 Å². The fourth-order valence-electron chi connectivity index (χ4n) is 9.96. The third kappa shape index (κ3) is 7.25. The Labute approximate surface area is 305 Å². The van der Waals surface area contributed by atoms with Crippen LogP contribution in [0.2, 0.25) is 0 Å². The number of hydrogen-bond acceptors (Lipinski definition) is 4. The highest BCUT2D eigenvalue weighted by molar-refractivity contribution is 5.38. The molecule has 0 aromatic rings. The number of allylic oxidation sites excluding steroid dienone is 5. The quantitative estimate of drug-likeness (QED) is 0.123. The predicted octanol–water partition coefficient (Wildman–Crippen LogP) is 9.58. The van der Waals surface area contributed by atoms with Gasteiger partial charge in [-0.2, -0.15) is 52.7 Å². The van der Waals surface area contributed by atoms with Crippen molar-refractivity contribution in [3.8, 4) is 11.8 Å². The summed E-state index contributed by atoms with van der Waals surface area (Å²) in [5.74, 6) is 3.16. The first-order valence-corrected chi connectivity index (χ1v) is 18.2. The second kappa shape index (κ2) is 13.7. The van der Waals surface area contributed by atoms with Crippen LogP contribution in [-0.4, -0.2) is 68.5 Å². The molecule has 0 bridgehead atoms. The summed E-state index contributed by atoms with van der Waals surface area (Å²) in [7, 11) is 0. The second-order valence-electron chi connectivity index (χ2n) is 16.8. The van der Waals surface area contributed by atoms with Crippen molar-refractivity contribution in [1.29, 1.82) is 0 Å². The van der Waals surface area contributed by atoms with E-state index in [2.05, 4.69) is 0 Å². The smallest absolute Gasteiger partial charge is 0.393 e. The lowest BCUT2D eigenvalue weighted by Gasteiger charge is -2.44. The molecule has 16 heteroatoms. The van der Waals surface area contributed by atoms with E-state index in [4.69, 9.17) is 5.11 Å². The van der Waals surface area contributed by atoms with Crippen molar-refractivity contribution in [3.63, 3.8) is 0 Å². The van der Waals surface area contributed by atoms with Crippen molar-refractivity contribution in [3.05, 3.63) is 35.5 Å². The third-order valence-electron chi connectivity index (χ3n) is 13.4. The Balaban J connectivity index is 0.000000208. The Kier molecular flexibility index (Phi) is 10.9. The van der Waals surface area contributed by atoms with E-state index in [9.17, 15) is 68.0 Å². The molecule has 0 saturated heterocycles. The van der Waals surface area contributed by atoms with Crippen LogP contribution in [0, 0.1) is 45.3 Å². The zero-order valence-corrected chi connectivity index (χ0v) is 29.8. The maximum absolute atomic E-state index is 12.8. The van der Waals surface area contributed by atoms with Gasteiger partial charge in [-0.25, -0.2) is 0 Å². The minimum Gasteiger partial charge on any atom is -0.393 e. The summed E-state index contributed by atoms with van der Waals surface area (Å²) in [6.07, 6.45) is -11.0. The average molecular weight is 795 g/mol. The SMILES string of the molecule is C[C@]12CCC[C@H](O)C1CC=C2C1(C/C=C/C(O)(C(F)(F)F)C(F)(F)F)CC1.C[C@]12CCC[C@H](O)C1CC=C2C1(CC#CC(O)(C(F)(F)F)C(F)(F)F)CC1. The van der Waals surface area contributed by atoms with Crippen molar-refractivity contribution in [1.82, 2.24) is 0 Å². The van der Waals surface area contributed by atoms with Crippen molar-refractivity contribution >= 4 is 0 Å². The molecular formula is C38H46F12O4. The fourth-order valence-corrected chi connectivity index (χ4v) is 9.96. The van der Waals surface area contributed by atoms with Crippen molar-refractivity contribution in [2.45, 2.75) is 152 Å². The Hall–Kier alpha value is -2.22. The van der Waals surface area contributed by atoms with Crippen LogP contribution in [0.3, 0.4) is 0 Å². The molecule has 0 radical (unpaired) electrons. The molecule has 4 saturated carbocycles. The summed E-state index contributed by atoms with van der Waals surface area (Å²) in [6.45, 7) is 4.07. The van der Waals surface area contributed by atoms with Gasteiger partial charge in [0.25, 0.3) is 5.60 Å². The van der Waals surface area contributed by atoms with E-state index >= 15 is 0 Å². The van der Waals surface area contributed by atoms with Gasteiger partial charge in [-0.1, -0.05) is 49.1 Å². The van der Waals surface area contributed by atoms with Crippen LogP contribution in [0.5, 0.6) is 0 Å². The lowest BCUT2D eigenvalue weighted by molar-refractivity contribution is -0.347. The summed E-state index contributed by atoms with van der Waals surface area (Å²) >= 11 is 0. The first-order chi connectivity index (χ1) is 24.5. The Morgan fingerprint density at radius 2 is 1.06 bits per heavy atom. The molecule has 6 atom stereocenters. The van der Waals surface area contributed by atoms with Gasteiger partial charge in [0.1, 0.15) is 0 Å². The normalized spacial score (nSPS) is 33.4. The zero-order chi connectivity index (χ0) is 40.6. The monoisotopic (exact) mass is 794 g/mol. The maximum atomic E-state index is 12.8. The van der Waals surface area contributed by atoms with Crippen LogP contribution in [0.4, 0.5) is 52.7 Å². The lowest BCUT2D eigenvalue weighted by atomic mass is 9.62. The van der Waals surface area contributed by atoms with Crippen molar-refractivity contribution in [2.75, 3.05) is 0 Å². The molecule has 4 nitrogen and oxygen atoms in total. The number of hydrogen-bond donors (Lipinski definition) is 4. The molecule has 54 heavy (non-hydrogen) atoms. The van der Waals surface area contributed by atoms with E-state index < -0.39 is 58.9 Å². The summed E-state index contributed by atoms with van der Waals surface area (Å²) < 4.78 is 153. The molecule has 0 aromatic carbocycles. The summed E-state index contributed by atoms with van der Waals surface area (Å²) in [6, 6.07) is 0. The zero-order valence-electron chi connectivity index (χ0n) is 29.8. The molecule has 0 aliphatic heterocycles. The van der Waals surface area contributed by atoms with E-state index in [1.165, 1.54) is 0 Å². The van der Waals surface area contributed by atoms with Crippen LogP contribution < -0.4 is 0 Å². The minimum absolute atomic E-state index is 0.0196. The number of halogens is 12. The van der Waals surface area contributed by atoms with E-state index in [1.807, 2.05) is 31.9 Å². The van der Waals surface area contributed by atoms with Crippen LogP contribution in [-0.2, 0) is 0 Å². The number of aliphatic hydroxyl groups excluding tert-OH is 2. The van der Waals surface area contributed by atoms with Crippen LogP contribution in [0.1, 0.15) is 104 Å². The standard InChI is InChI=1S/C19H24F6O2.C19H22F6O2/c2*1-15-7-2-4-13(26)12(15)5-6-14(15)16(10-11-16)8-3-9-17(27,18(20,21)22)19(23,24)25/h3,6,9,12-13,26-27H,2,4-5,7-8,10-11H2,1H3;6,12-13,26-27H,2,4-5,7-8,10-11H2,1H3/b9-3+;/t2*12?,13-,15-/m00/s1. The Morgan fingerprint density at radius 3 is 1.43 bits per heavy atom. The fraction of sp³-hybridized carbons (Fsp3) is 0.789. The van der Waals surface area contributed by atoms with Crippen LogP contribution in [0.15, 0.2) is 35.5 Å². The summed E-state index contributed by atoms with van der Waals surface area (Å²) in [5, 5.41) is 39.0. The van der Waals surface area contributed by atoms with Crippen molar-refractivity contribution < 1.29 is 73.1 Å². The van der Waals surface area contributed by atoms with Gasteiger partial charge in [0.2, 0.25) is 0 Å². The van der Waals surface area contributed by atoms with Crippen LogP contribution >= 0.6 is 0 Å². The predicted molar refractivity (Wildman–Crippen MR) is 172 cm³/mol. The second-order valence-corrected chi connectivity index (χ2v) is 16.8. The number of fused-ring (bicyclic) bond motifs is 2. The number of rotatable bonds is 6. The molecule has 306 valence electrons. The molecular weight excluding hydrogens is 748 g/mol. The molecule has 2 unspecified atom stereocenters. The third-order valence-corrected chi connectivity index (χ3v) is 13.4. The average Bonchev–Trinajstić information content (AvgIpc) is 3.91. The van der Waals surface area contributed by atoms with Gasteiger partial charge >= 0.3 is 30.3 Å². The highest BCUT2D eigenvalue weighted by Crippen LogP contribution is 2.68. The summed E-state index contributed by atoms with van der Waals surface area (Å²) in [5.41, 5.74) is -9.32. The van der Waals surface area contributed by atoms with Gasteiger partial charge in [-0.15, -0.1) is 0 Å². The highest BCUT2D eigenvalue weighted by Gasteiger charge is 2.71. The van der Waals surface area contributed by atoms with Gasteiger partial charge in [-0.05, 0) is 124 Å². The Morgan fingerprint density at radius 1 is 0.648 bits per heavy atom. The molecule has 6 rings (SSSR count). The van der Waals surface area contributed by atoms with Crippen LogP contribution in [0.25, 0.3) is 0 Å². The van der Waals surface area contributed by atoms with Gasteiger partial charge in [-0.3, -0.25) is 0 Å².